The van der Waals surface area contributed by atoms with Crippen LogP contribution in [0.25, 0.3) is 0 Å². The fourth-order valence-electron chi connectivity index (χ4n) is 2.26. The number of carbonyl (C=O) groups is 1. The Labute approximate surface area is 119 Å². The fourth-order valence-corrected chi connectivity index (χ4v) is 3.12. The van der Waals surface area contributed by atoms with E-state index in [9.17, 15) is 4.79 Å². The molecule has 2 fully saturated rings. The first-order chi connectivity index (χ1) is 8.43. The van der Waals surface area contributed by atoms with Gasteiger partial charge < -0.3 is 10.1 Å². The van der Waals surface area contributed by atoms with Crippen LogP contribution in [0, 0.1) is 0 Å². The topological polar surface area (TPSA) is 38.3 Å². The molecular weight excluding hydrogens is 318 g/mol. The molecule has 1 aromatic carbocycles. The summed E-state index contributed by atoms with van der Waals surface area (Å²) < 4.78 is 6.66. The molecule has 1 N–H and O–H groups in total. The number of amides is 1. The molecule has 5 heteroatoms. The molecule has 1 amide bonds. The van der Waals surface area contributed by atoms with E-state index in [1.165, 1.54) is 0 Å². The molecule has 0 bridgehead atoms. The van der Waals surface area contributed by atoms with Gasteiger partial charge in [-0.2, -0.15) is 0 Å². The van der Waals surface area contributed by atoms with Crippen molar-refractivity contribution in [3.63, 3.8) is 0 Å². The normalized spacial score (nSPS) is 29.2. The summed E-state index contributed by atoms with van der Waals surface area (Å²) in [6.45, 7) is 2.43. The van der Waals surface area contributed by atoms with Gasteiger partial charge in [-0.05, 0) is 43.5 Å². The molecule has 1 heterocycles. The van der Waals surface area contributed by atoms with Gasteiger partial charge in [-0.25, -0.2) is 0 Å². The second-order valence-corrected chi connectivity index (χ2v) is 6.58. The number of nitrogens with one attached hydrogen (secondary N) is 1. The number of halogens is 2. The zero-order valence-corrected chi connectivity index (χ0v) is 12.3. The summed E-state index contributed by atoms with van der Waals surface area (Å²) in [4.78, 5) is 12.1. The third-order valence-corrected chi connectivity index (χ3v) is 4.32. The largest absolute Gasteiger partial charge is 0.362 e. The second kappa shape index (κ2) is 3.95. The summed E-state index contributed by atoms with van der Waals surface area (Å²) in [6, 6.07) is 5.64. The Morgan fingerprint density at radius 3 is 2.67 bits per heavy atom. The van der Waals surface area contributed by atoms with Crippen LogP contribution in [0.5, 0.6) is 0 Å². The van der Waals surface area contributed by atoms with Crippen molar-refractivity contribution in [2.45, 2.75) is 30.9 Å². The van der Waals surface area contributed by atoms with Gasteiger partial charge in [-0.1, -0.05) is 27.5 Å². The summed E-state index contributed by atoms with van der Waals surface area (Å²) in [6.07, 6.45) is 1.66. The van der Waals surface area contributed by atoms with E-state index < -0.39 is 11.1 Å². The van der Waals surface area contributed by atoms with Crippen molar-refractivity contribution >= 4 is 33.4 Å². The highest BCUT2D eigenvalue weighted by Crippen LogP contribution is 2.44. The minimum Gasteiger partial charge on any atom is -0.362 e. The third kappa shape index (κ3) is 1.96. The number of hydrogen-bond donors (Lipinski definition) is 1. The standard InChI is InChI=1S/C13H13BrClNO2/c1-12(8-4-9(14)6-10(15)5-8)7-18-13(2-3-13)11(17)16-12/h4-6H,2-3,7H2,1H3,(H,16,17). The molecule has 1 saturated carbocycles. The van der Waals surface area contributed by atoms with Crippen LogP contribution in [0.2, 0.25) is 5.02 Å². The van der Waals surface area contributed by atoms with E-state index >= 15 is 0 Å². The molecule has 1 spiro atoms. The Kier molecular flexibility index (Phi) is 2.74. The van der Waals surface area contributed by atoms with E-state index in [2.05, 4.69) is 21.2 Å². The monoisotopic (exact) mass is 329 g/mol. The van der Waals surface area contributed by atoms with Crippen LogP contribution in [-0.2, 0) is 15.1 Å². The summed E-state index contributed by atoms with van der Waals surface area (Å²) in [5, 5.41) is 3.71. The van der Waals surface area contributed by atoms with Crippen LogP contribution in [0.3, 0.4) is 0 Å². The van der Waals surface area contributed by atoms with E-state index in [0.717, 1.165) is 22.9 Å². The number of carbonyl (C=O) groups excluding carboxylic acids is 1. The van der Waals surface area contributed by atoms with Gasteiger partial charge in [0.25, 0.3) is 5.91 Å². The first-order valence-corrected chi connectivity index (χ1v) is 7.04. The molecule has 1 atom stereocenters. The second-order valence-electron chi connectivity index (χ2n) is 5.23. The molecule has 2 aliphatic rings. The first-order valence-electron chi connectivity index (χ1n) is 5.87. The van der Waals surface area contributed by atoms with Gasteiger partial charge in [-0.3, -0.25) is 4.79 Å². The molecule has 96 valence electrons. The summed E-state index contributed by atoms with van der Waals surface area (Å²) in [5.74, 6) is -0.00709. The van der Waals surface area contributed by atoms with E-state index in [-0.39, 0.29) is 5.91 Å². The average Bonchev–Trinajstić information content (AvgIpc) is 3.04. The molecule has 1 unspecified atom stereocenters. The lowest BCUT2D eigenvalue weighted by molar-refractivity contribution is -0.149. The molecule has 0 radical (unpaired) electrons. The maximum atomic E-state index is 12.1. The summed E-state index contributed by atoms with van der Waals surface area (Å²) in [5.41, 5.74) is -0.0982. The Morgan fingerprint density at radius 1 is 1.39 bits per heavy atom. The highest BCUT2D eigenvalue weighted by atomic mass is 79.9. The summed E-state index contributed by atoms with van der Waals surface area (Å²) in [7, 11) is 0. The molecule has 1 aliphatic carbocycles. The zero-order chi connectivity index (χ0) is 13.0. The van der Waals surface area contributed by atoms with Gasteiger partial charge in [-0.15, -0.1) is 0 Å². The smallest absolute Gasteiger partial charge is 0.253 e. The van der Waals surface area contributed by atoms with Crippen LogP contribution >= 0.6 is 27.5 Å². The molecule has 18 heavy (non-hydrogen) atoms. The molecule has 1 saturated heterocycles. The van der Waals surface area contributed by atoms with E-state index in [0.29, 0.717) is 11.6 Å². The molecule has 3 rings (SSSR count). The van der Waals surface area contributed by atoms with Crippen LogP contribution in [0.15, 0.2) is 22.7 Å². The first kappa shape index (κ1) is 12.5. The van der Waals surface area contributed by atoms with Crippen molar-refractivity contribution in [1.29, 1.82) is 0 Å². The van der Waals surface area contributed by atoms with Crippen molar-refractivity contribution in [2.24, 2.45) is 0 Å². The van der Waals surface area contributed by atoms with Crippen molar-refractivity contribution in [3.05, 3.63) is 33.3 Å². The Morgan fingerprint density at radius 2 is 2.11 bits per heavy atom. The minimum atomic E-state index is -0.532. The highest BCUT2D eigenvalue weighted by molar-refractivity contribution is 9.10. The lowest BCUT2D eigenvalue weighted by atomic mass is 9.91. The van der Waals surface area contributed by atoms with E-state index in [4.69, 9.17) is 16.3 Å². The molecule has 1 aliphatic heterocycles. The van der Waals surface area contributed by atoms with Gasteiger partial charge in [0.1, 0.15) is 5.60 Å². The average molecular weight is 331 g/mol. The van der Waals surface area contributed by atoms with Crippen molar-refractivity contribution in [3.8, 4) is 0 Å². The van der Waals surface area contributed by atoms with Crippen molar-refractivity contribution in [1.82, 2.24) is 5.32 Å². The highest BCUT2D eigenvalue weighted by Gasteiger charge is 2.56. The van der Waals surface area contributed by atoms with Gasteiger partial charge in [0, 0.05) is 9.50 Å². The zero-order valence-electron chi connectivity index (χ0n) is 9.93. The predicted molar refractivity (Wildman–Crippen MR) is 72.6 cm³/mol. The fraction of sp³-hybridized carbons (Fsp3) is 0.462. The van der Waals surface area contributed by atoms with Crippen LogP contribution in [0.4, 0.5) is 0 Å². The van der Waals surface area contributed by atoms with Crippen LogP contribution in [0.1, 0.15) is 25.3 Å². The molecule has 0 aromatic heterocycles. The van der Waals surface area contributed by atoms with Gasteiger partial charge in [0.05, 0.1) is 12.1 Å². The third-order valence-electron chi connectivity index (χ3n) is 3.64. The van der Waals surface area contributed by atoms with E-state index in [1.54, 1.807) is 0 Å². The number of morpholine rings is 1. The molecular formula is C13H13BrClNO2. The lowest BCUT2D eigenvalue weighted by Crippen LogP contribution is -2.57. The SMILES string of the molecule is CC1(c2cc(Cl)cc(Br)c2)COC2(CC2)C(=O)N1. The Bertz CT molecular complexity index is 509. The minimum absolute atomic E-state index is 0.00709. The van der Waals surface area contributed by atoms with Gasteiger partial charge >= 0.3 is 0 Å². The number of rotatable bonds is 1. The number of benzene rings is 1. The van der Waals surface area contributed by atoms with Gasteiger partial charge in [0.2, 0.25) is 0 Å². The quantitative estimate of drug-likeness (QED) is 0.859. The van der Waals surface area contributed by atoms with Crippen LogP contribution in [-0.4, -0.2) is 18.1 Å². The number of hydrogen-bond acceptors (Lipinski definition) is 2. The maximum absolute atomic E-state index is 12.1. The Hall–Kier alpha value is -0.580. The molecule has 1 aromatic rings. The molecule has 3 nitrogen and oxygen atoms in total. The predicted octanol–water partition coefficient (Wildman–Crippen LogP) is 3.00. The van der Waals surface area contributed by atoms with Gasteiger partial charge in [0.15, 0.2) is 0 Å². The Balaban J connectivity index is 1.93. The van der Waals surface area contributed by atoms with Crippen molar-refractivity contribution in [2.75, 3.05) is 6.61 Å². The maximum Gasteiger partial charge on any atom is 0.253 e. The van der Waals surface area contributed by atoms with E-state index in [1.807, 2.05) is 25.1 Å². The summed E-state index contributed by atoms with van der Waals surface area (Å²) >= 11 is 9.47. The lowest BCUT2D eigenvalue weighted by Gasteiger charge is -2.38. The van der Waals surface area contributed by atoms with Crippen molar-refractivity contribution < 1.29 is 9.53 Å². The number of ether oxygens (including phenoxy) is 1. The van der Waals surface area contributed by atoms with Crippen LogP contribution < -0.4 is 5.32 Å².